The summed E-state index contributed by atoms with van der Waals surface area (Å²) < 4.78 is 1.81. The average molecular weight is 311 g/mol. The van der Waals surface area contributed by atoms with Crippen LogP contribution in [0, 0.1) is 20.8 Å². The topological polar surface area (TPSA) is 84.3 Å². The van der Waals surface area contributed by atoms with E-state index < -0.39 is 0 Å². The maximum atomic E-state index is 4.58. The van der Waals surface area contributed by atoms with Gasteiger partial charge in [0.1, 0.15) is 5.82 Å². The molecule has 0 saturated heterocycles. The summed E-state index contributed by atoms with van der Waals surface area (Å²) in [6, 6.07) is 2.02. The van der Waals surface area contributed by atoms with Gasteiger partial charge in [-0.1, -0.05) is 0 Å². The zero-order chi connectivity index (χ0) is 16.2. The van der Waals surface area contributed by atoms with Crippen molar-refractivity contribution in [2.45, 2.75) is 33.6 Å². The van der Waals surface area contributed by atoms with Crippen LogP contribution in [0.2, 0.25) is 0 Å². The van der Waals surface area contributed by atoms with Crippen molar-refractivity contribution in [3.8, 4) is 5.82 Å². The molecule has 3 aromatic rings. The number of hydrogen-bond acceptors (Lipinski definition) is 5. The highest BCUT2D eigenvalue weighted by atomic mass is 15.3. The lowest BCUT2D eigenvalue weighted by atomic mass is 10.1. The Balaban J connectivity index is 1.60. The van der Waals surface area contributed by atoms with Gasteiger partial charge >= 0.3 is 0 Å². The third-order valence-corrected chi connectivity index (χ3v) is 3.71. The van der Waals surface area contributed by atoms with Gasteiger partial charge in [-0.3, -0.25) is 10.1 Å². The minimum Gasteiger partial charge on any atom is -0.369 e. The van der Waals surface area contributed by atoms with E-state index in [2.05, 4.69) is 30.6 Å². The summed E-state index contributed by atoms with van der Waals surface area (Å²) in [6.45, 7) is 6.85. The first kappa shape index (κ1) is 15.2. The van der Waals surface area contributed by atoms with Gasteiger partial charge < -0.3 is 5.32 Å². The number of aryl methyl sites for hydroxylation is 4. The molecule has 0 radical (unpaired) electrons. The first-order valence-corrected chi connectivity index (χ1v) is 7.72. The Morgan fingerprint density at radius 2 is 2.04 bits per heavy atom. The molecule has 0 aliphatic carbocycles. The normalized spacial score (nSPS) is 10.9. The number of hydrogen-bond donors (Lipinski definition) is 2. The van der Waals surface area contributed by atoms with Crippen molar-refractivity contribution in [1.82, 2.24) is 29.9 Å². The second-order valence-corrected chi connectivity index (χ2v) is 5.65. The lowest BCUT2D eigenvalue weighted by Gasteiger charge is -2.08. The fraction of sp³-hybridized carbons (Fsp3) is 0.375. The zero-order valence-electron chi connectivity index (χ0n) is 13.7. The highest BCUT2D eigenvalue weighted by Gasteiger charge is 2.06. The molecular weight excluding hydrogens is 290 g/mol. The first-order chi connectivity index (χ1) is 11.1. The molecule has 3 heterocycles. The summed E-state index contributed by atoms with van der Waals surface area (Å²) in [6.07, 6.45) is 7.34. The minimum absolute atomic E-state index is 0.728. The number of nitrogens with zero attached hydrogens (tertiary/aromatic N) is 5. The highest BCUT2D eigenvalue weighted by molar-refractivity contribution is 5.36. The maximum absolute atomic E-state index is 4.58. The van der Waals surface area contributed by atoms with Crippen LogP contribution in [0.15, 0.2) is 24.7 Å². The van der Waals surface area contributed by atoms with Crippen molar-refractivity contribution in [2.24, 2.45) is 0 Å². The first-order valence-electron chi connectivity index (χ1n) is 7.72. The second kappa shape index (κ2) is 6.60. The Labute approximate surface area is 135 Å². The highest BCUT2D eigenvalue weighted by Crippen LogP contribution is 2.11. The zero-order valence-corrected chi connectivity index (χ0v) is 13.7. The number of nitrogens with one attached hydrogen (secondary N) is 2. The molecule has 3 rings (SSSR count). The summed E-state index contributed by atoms with van der Waals surface area (Å²) in [5.74, 6) is 1.49. The van der Waals surface area contributed by atoms with Crippen LogP contribution >= 0.6 is 0 Å². The summed E-state index contributed by atoms with van der Waals surface area (Å²) in [4.78, 5) is 8.83. The fourth-order valence-corrected chi connectivity index (χ4v) is 2.53. The smallest absolute Gasteiger partial charge is 0.174 e. The van der Waals surface area contributed by atoms with Crippen LogP contribution in [0.5, 0.6) is 0 Å². The molecule has 120 valence electrons. The Kier molecular flexibility index (Phi) is 4.36. The van der Waals surface area contributed by atoms with Gasteiger partial charge in [0.05, 0.1) is 24.3 Å². The molecule has 0 bridgehead atoms. The van der Waals surface area contributed by atoms with Gasteiger partial charge in [0.25, 0.3) is 0 Å². The molecule has 0 aliphatic rings. The van der Waals surface area contributed by atoms with Crippen molar-refractivity contribution in [2.75, 3.05) is 11.9 Å². The Bertz CT molecular complexity index is 787. The van der Waals surface area contributed by atoms with Gasteiger partial charge in [-0.05, 0) is 45.2 Å². The Morgan fingerprint density at radius 3 is 2.74 bits per heavy atom. The molecule has 0 fully saturated rings. The van der Waals surface area contributed by atoms with E-state index in [0.717, 1.165) is 48.1 Å². The van der Waals surface area contributed by atoms with Crippen molar-refractivity contribution >= 4 is 5.82 Å². The standard InChI is InChI=1S/C16H21N7/c1-11-7-12(2)23(22-11)16-10-17-9-15(20-16)18-6-4-5-14-8-19-21-13(14)3/h7-10H,4-6H2,1-3H3,(H,18,20)(H,19,21). The summed E-state index contributed by atoms with van der Waals surface area (Å²) in [7, 11) is 0. The monoisotopic (exact) mass is 311 g/mol. The van der Waals surface area contributed by atoms with E-state index in [0.29, 0.717) is 0 Å². The Hall–Kier alpha value is -2.70. The Morgan fingerprint density at radius 1 is 1.17 bits per heavy atom. The van der Waals surface area contributed by atoms with E-state index in [9.17, 15) is 0 Å². The van der Waals surface area contributed by atoms with Gasteiger partial charge in [-0.2, -0.15) is 10.2 Å². The molecule has 0 aliphatic heterocycles. The molecule has 0 aromatic carbocycles. The van der Waals surface area contributed by atoms with Crippen molar-refractivity contribution < 1.29 is 0 Å². The van der Waals surface area contributed by atoms with Gasteiger partial charge in [-0.15, -0.1) is 0 Å². The molecule has 0 atom stereocenters. The molecule has 0 spiro atoms. The molecule has 3 aromatic heterocycles. The average Bonchev–Trinajstić information content (AvgIpc) is 3.09. The van der Waals surface area contributed by atoms with Crippen LogP contribution in [-0.4, -0.2) is 36.5 Å². The number of aromatic amines is 1. The van der Waals surface area contributed by atoms with Crippen LogP contribution in [0.3, 0.4) is 0 Å². The third kappa shape index (κ3) is 3.56. The van der Waals surface area contributed by atoms with Crippen LogP contribution in [0.1, 0.15) is 29.1 Å². The van der Waals surface area contributed by atoms with Crippen molar-refractivity contribution in [1.29, 1.82) is 0 Å². The quantitative estimate of drug-likeness (QED) is 0.683. The van der Waals surface area contributed by atoms with Gasteiger partial charge in [0, 0.05) is 17.9 Å². The van der Waals surface area contributed by atoms with E-state index in [1.165, 1.54) is 5.56 Å². The van der Waals surface area contributed by atoms with Gasteiger partial charge in [0.2, 0.25) is 0 Å². The van der Waals surface area contributed by atoms with Crippen molar-refractivity contribution in [3.05, 3.63) is 47.3 Å². The largest absolute Gasteiger partial charge is 0.369 e. The van der Waals surface area contributed by atoms with Crippen LogP contribution in [0.25, 0.3) is 5.82 Å². The number of H-pyrrole nitrogens is 1. The molecular formula is C16H21N7. The predicted octanol–water partition coefficient (Wildman–Crippen LogP) is 2.36. The fourth-order valence-electron chi connectivity index (χ4n) is 2.53. The van der Waals surface area contributed by atoms with E-state index >= 15 is 0 Å². The van der Waals surface area contributed by atoms with Crippen LogP contribution < -0.4 is 5.32 Å². The molecule has 0 amide bonds. The summed E-state index contributed by atoms with van der Waals surface area (Å²) >= 11 is 0. The maximum Gasteiger partial charge on any atom is 0.174 e. The van der Waals surface area contributed by atoms with Crippen molar-refractivity contribution in [3.63, 3.8) is 0 Å². The summed E-state index contributed by atoms with van der Waals surface area (Å²) in [5.41, 5.74) is 4.41. The van der Waals surface area contributed by atoms with E-state index in [1.54, 1.807) is 12.4 Å². The SMILES string of the molecule is Cc1cc(C)n(-c2cncc(NCCCc3cn[nH]c3C)n2)n1. The van der Waals surface area contributed by atoms with Gasteiger partial charge in [0.15, 0.2) is 5.82 Å². The molecule has 0 unspecified atom stereocenters. The molecule has 2 N–H and O–H groups in total. The molecule has 0 saturated carbocycles. The number of anilines is 1. The third-order valence-electron chi connectivity index (χ3n) is 3.71. The minimum atomic E-state index is 0.728. The van der Waals surface area contributed by atoms with E-state index in [-0.39, 0.29) is 0 Å². The van der Waals surface area contributed by atoms with E-state index in [1.807, 2.05) is 37.7 Å². The predicted molar refractivity (Wildman–Crippen MR) is 88.8 cm³/mol. The van der Waals surface area contributed by atoms with E-state index in [4.69, 9.17) is 0 Å². The number of aromatic nitrogens is 6. The van der Waals surface area contributed by atoms with Crippen LogP contribution in [-0.2, 0) is 6.42 Å². The molecule has 7 heteroatoms. The second-order valence-electron chi connectivity index (χ2n) is 5.65. The summed E-state index contributed by atoms with van der Waals surface area (Å²) in [5, 5.41) is 14.7. The lowest BCUT2D eigenvalue weighted by molar-refractivity contribution is 0.795. The van der Waals surface area contributed by atoms with Crippen LogP contribution in [0.4, 0.5) is 5.82 Å². The number of rotatable bonds is 6. The lowest BCUT2D eigenvalue weighted by Crippen LogP contribution is -2.08. The molecule has 7 nitrogen and oxygen atoms in total. The molecule has 23 heavy (non-hydrogen) atoms. The van der Waals surface area contributed by atoms with Gasteiger partial charge in [-0.25, -0.2) is 9.67 Å².